The molecule has 2 aromatic rings. The van der Waals surface area contributed by atoms with E-state index in [1.807, 2.05) is 6.92 Å². The maximum atomic E-state index is 12.8. The largest absolute Gasteiger partial charge is 0.434 e. The summed E-state index contributed by atoms with van der Waals surface area (Å²) >= 11 is 0. The SMILES string of the molecule is CCCn1ccc(=O)c2c(C(F)(F)F)nccc21. The normalized spacial score (nSPS) is 12.0. The molecule has 0 saturated carbocycles. The van der Waals surface area contributed by atoms with Gasteiger partial charge in [0.05, 0.1) is 10.9 Å². The van der Waals surface area contributed by atoms with Crippen molar-refractivity contribution in [3.8, 4) is 0 Å². The Bertz CT molecular complexity index is 631. The van der Waals surface area contributed by atoms with Crippen molar-refractivity contribution in [3.05, 3.63) is 40.4 Å². The molecule has 6 heteroatoms. The lowest BCUT2D eigenvalue weighted by molar-refractivity contribution is -0.139. The van der Waals surface area contributed by atoms with E-state index in [-0.39, 0.29) is 10.9 Å². The molecule has 96 valence electrons. The first-order chi connectivity index (χ1) is 8.45. The van der Waals surface area contributed by atoms with E-state index in [0.717, 1.165) is 18.7 Å². The van der Waals surface area contributed by atoms with Gasteiger partial charge in [0.2, 0.25) is 0 Å². The van der Waals surface area contributed by atoms with Gasteiger partial charge in [-0.1, -0.05) is 6.92 Å². The zero-order valence-electron chi connectivity index (χ0n) is 9.66. The van der Waals surface area contributed by atoms with Crippen LogP contribution in [-0.2, 0) is 12.7 Å². The quantitative estimate of drug-likeness (QED) is 0.828. The fraction of sp³-hybridized carbons (Fsp3) is 0.333. The van der Waals surface area contributed by atoms with Gasteiger partial charge in [-0.05, 0) is 12.5 Å². The Morgan fingerprint density at radius 3 is 2.67 bits per heavy atom. The predicted octanol–water partition coefficient (Wildman–Crippen LogP) is 2.83. The van der Waals surface area contributed by atoms with E-state index >= 15 is 0 Å². The molecule has 18 heavy (non-hydrogen) atoms. The molecule has 0 N–H and O–H groups in total. The summed E-state index contributed by atoms with van der Waals surface area (Å²) in [4.78, 5) is 15.0. The second-order valence-electron chi connectivity index (χ2n) is 3.92. The maximum Gasteiger partial charge on any atom is 0.434 e. The van der Waals surface area contributed by atoms with Crippen LogP contribution in [0.5, 0.6) is 0 Å². The van der Waals surface area contributed by atoms with E-state index in [1.54, 1.807) is 4.57 Å². The number of aryl methyl sites for hydroxylation is 1. The molecule has 0 fully saturated rings. The number of halogens is 3. The highest BCUT2D eigenvalue weighted by Crippen LogP contribution is 2.31. The summed E-state index contributed by atoms with van der Waals surface area (Å²) in [5.74, 6) is 0. The van der Waals surface area contributed by atoms with Gasteiger partial charge < -0.3 is 4.57 Å². The molecule has 2 rings (SSSR count). The zero-order valence-corrected chi connectivity index (χ0v) is 9.66. The van der Waals surface area contributed by atoms with Gasteiger partial charge in [-0.15, -0.1) is 0 Å². The van der Waals surface area contributed by atoms with Crippen LogP contribution in [0.3, 0.4) is 0 Å². The highest BCUT2D eigenvalue weighted by molar-refractivity contribution is 5.81. The first kappa shape index (κ1) is 12.6. The average Bonchev–Trinajstić information content (AvgIpc) is 2.31. The van der Waals surface area contributed by atoms with Gasteiger partial charge in [-0.2, -0.15) is 13.2 Å². The Labute approximate surface area is 101 Å². The number of aromatic nitrogens is 2. The predicted molar refractivity (Wildman–Crippen MR) is 61.3 cm³/mol. The Hall–Kier alpha value is -1.85. The van der Waals surface area contributed by atoms with Gasteiger partial charge in [0.15, 0.2) is 11.1 Å². The van der Waals surface area contributed by atoms with E-state index in [9.17, 15) is 18.0 Å². The van der Waals surface area contributed by atoms with Crippen molar-refractivity contribution in [3.63, 3.8) is 0 Å². The van der Waals surface area contributed by atoms with Crippen molar-refractivity contribution in [1.82, 2.24) is 9.55 Å². The van der Waals surface area contributed by atoms with Crippen LogP contribution >= 0.6 is 0 Å². The van der Waals surface area contributed by atoms with E-state index in [4.69, 9.17) is 0 Å². The van der Waals surface area contributed by atoms with Crippen molar-refractivity contribution < 1.29 is 13.2 Å². The van der Waals surface area contributed by atoms with Gasteiger partial charge in [-0.3, -0.25) is 9.78 Å². The number of fused-ring (bicyclic) bond motifs is 1. The number of hydrogen-bond donors (Lipinski definition) is 0. The van der Waals surface area contributed by atoms with Gasteiger partial charge in [0.1, 0.15) is 0 Å². The summed E-state index contributed by atoms with van der Waals surface area (Å²) in [5, 5.41) is -0.360. The van der Waals surface area contributed by atoms with Crippen LogP contribution in [0, 0.1) is 0 Å². The third-order valence-corrected chi connectivity index (χ3v) is 2.62. The minimum Gasteiger partial charge on any atom is -0.347 e. The third kappa shape index (κ3) is 2.10. The molecule has 0 unspecified atom stereocenters. The molecule has 0 spiro atoms. The molecule has 0 aliphatic rings. The smallest absolute Gasteiger partial charge is 0.347 e. The molecule has 0 aliphatic carbocycles. The van der Waals surface area contributed by atoms with Crippen LogP contribution in [0.25, 0.3) is 10.9 Å². The second-order valence-corrected chi connectivity index (χ2v) is 3.92. The lowest BCUT2D eigenvalue weighted by Crippen LogP contribution is -2.16. The Morgan fingerprint density at radius 2 is 2.06 bits per heavy atom. The van der Waals surface area contributed by atoms with Crippen LogP contribution in [0.1, 0.15) is 19.0 Å². The summed E-state index contributed by atoms with van der Waals surface area (Å²) in [5.41, 5.74) is -1.50. The minimum absolute atomic E-state index is 0.270. The van der Waals surface area contributed by atoms with Crippen LogP contribution in [-0.4, -0.2) is 9.55 Å². The van der Waals surface area contributed by atoms with E-state index in [1.165, 1.54) is 12.3 Å². The third-order valence-electron chi connectivity index (χ3n) is 2.62. The molecule has 0 aromatic carbocycles. The van der Waals surface area contributed by atoms with Crippen molar-refractivity contribution in [1.29, 1.82) is 0 Å². The summed E-state index contributed by atoms with van der Waals surface area (Å²) in [7, 11) is 0. The minimum atomic E-state index is -4.62. The molecule has 0 radical (unpaired) electrons. The fourth-order valence-electron chi connectivity index (χ4n) is 1.91. The highest BCUT2D eigenvalue weighted by Gasteiger charge is 2.35. The molecule has 2 heterocycles. The second kappa shape index (κ2) is 4.44. The van der Waals surface area contributed by atoms with Crippen LogP contribution < -0.4 is 5.43 Å². The Morgan fingerprint density at radius 1 is 1.33 bits per heavy atom. The number of alkyl halides is 3. The Kier molecular flexibility index (Phi) is 3.11. The summed E-state index contributed by atoms with van der Waals surface area (Å²) in [6.45, 7) is 2.47. The molecule has 0 amide bonds. The van der Waals surface area contributed by atoms with Crippen molar-refractivity contribution in [2.75, 3.05) is 0 Å². The molecule has 0 saturated heterocycles. The highest BCUT2D eigenvalue weighted by atomic mass is 19.4. The molecule has 0 atom stereocenters. The molecule has 3 nitrogen and oxygen atoms in total. The maximum absolute atomic E-state index is 12.8. The molecular formula is C12H11F3N2O. The number of nitrogens with zero attached hydrogens (tertiary/aromatic N) is 2. The first-order valence-electron chi connectivity index (χ1n) is 5.50. The van der Waals surface area contributed by atoms with E-state index < -0.39 is 17.3 Å². The van der Waals surface area contributed by atoms with E-state index in [2.05, 4.69) is 4.98 Å². The molecule has 0 bridgehead atoms. The van der Waals surface area contributed by atoms with Crippen LogP contribution in [0.15, 0.2) is 29.3 Å². The van der Waals surface area contributed by atoms with Crippen molar-refractivity contribution in [2.45, 2.75) is 26.1 Å². The monoisotopic (exact) mass is 256 g/mol. The number of hydrogen-bond acceptors (Lipinski definition) is 2. The topological polar surface area (TPSA) is 34.9 Å². The van der Waals surface area contributed by atoms with E-state index in [0.29, 0.717) is 6.54 Å². The number of rotatable bonds is 2. The standard InChI is InChI=1S/C12H11F3N2O/c1-2-6-17-7-4-9(18)10-8(17)3-5-16-11(10)12(13,14)15/h3-5,7H,2,6H2,1H3. The molecule has 0 aliphatic heterocycles. The lowest BCUT2D eigenvalue weighted by Gasteiger charge is -2.12. The number of pyridine rings is 2. The lowest BCUT2D eigenvalue weighted by atomic mass is 10.1. The van der Waals surface area contributed by atoms with Crippen molar-refractivity contribution in [2.24, 2.45) is 0 Å². The average molecular weight is 256 g/mol. The molecular weight excluding hydrogens is 245 g/mol. The first-order valence-corrected chi connectivity index (χ1v) is 5.50. The Balaban J connectivity index is 2.85. The van der Waals surface area contributed by atoms with Gasteiger partial charge >= 0.3 is 6.18 Å². The van der Waals surface area contributed by atoms with Gasteiger partial charge in [-0.25, -0.2) is 0 Å². The zero-order chi connectivity index (χ0) is 13.3. The van der Waals surface area contributed by atoms with Crippen molar-refractivity contribution >= 4 is 10.9 Å². The van der Waals surface area contributed by atoms with Gasteiger partial charge in [0, 0.05) is 25.0 Å². The van der Waals surface area contributed by atoms with Gasteiger partial charge in [0.25, 0.3) is 0 Å². The summed E-state index contributed by atoms with van der Waals surface area (Å²) in [6, 6.07) is 2.58. The summed E-state index contributed by atoms with van der Waals surface area (Å²) < 4.78 is 40.0. The molecule has 2 aromatic heterocycles. The fourth-order valence-corrected chi connectivity index (χ4v) is 1.91. The van der Waals surface area contributed by atoms with Crippen LogP contribution in [0.2, 0.25) is 0 Å². The van der Waals surface area contributed by atoms with Crippen LogP contribution in [0.4, 0.5) is 13.2 Å². The summed E-state index contributed by atoms with van der Waals surface area (Å²) in [6.07, 6.45) is -1.27.